The number of carboxylic acids is 1. The topological polar surface area (TPSA) is 122 Å². The summed E-state index contributed by atoms with van der Waals surface area (Å²) in [5, 5.41) is 11.7. The van der Waals surface area contributed by atoms with Crippen LogP contribution in [0.5, 0.6) is 0 Å². The first-order valence-electron chi connectivity index (χ1n) is 6.74. The van der Waals surface area contributed by atoms with E-state index in [2.05, 4.69) is 5.32 Å². The van der Waals surface area contributed by atoms with Crippen molar-refractivity contribution in [2.75, 3.05) is 25.5 Å². The second-order valence-electron chi connectivity index (χ2n) is 4.59. The molecule has 1 heterocycles. The van der Waals surface area contributed by atoms with E-state index in [1.54, 1.807) is 0 Å². The first-order valence-corrected chi connectivity index (χ1v) is 7.78. The molecular formula is C12H21N3O5S. The lowest BCUT2D eigenvalue weighted by molar-refractivity contribution is -0.141. The van der Waals surface area contributed by atoms with E-state index >= 15 is 0 Å². The molecule has 0 saturated carbocycles. The van der Waals surface area contributed by atoms with Crippen molar-refractivity contribution in [3.63, 3.8) is 0 Å². The maximum absolute atomic E-state index is 12.1. The van der Waals surface area contributed by atoms with Gasteiger partial charge in [-0.15, -0.1) is 11.8 Å². The number of thioether (sulfide) groups is 1. The quantitative estimate of drug-likeness (QED) is 0.534. The fraction of sp³-hybridized carbons (Fsp3) is 0.750. The number of rotatable bonds is 8. The zero-order chi connectivity index (χ0) is 15.8. The van der Waals surface area contributed by atoms with Crippen LogP contribution in [0.4, 0.5) is 4.79 Å². The molecule has 0 aromatic carbocycles. The third-order valence-electron chi connectivity index (χ3n) is 2.91. The molecule has 0 bridgehead atoms. The third-order valence-corrected chi connectivity index (χ3v) is 4.27. The number of carboxylic acid groups (broad SMARTS) is 1. The van der Waals surface area contributed by atoms with Crippen LogP contribution in [0, 0.1) is 0 Å². The lowest BCUT2D eigenvalue weighted by Crippen LogP contribution is -2.50. The number of urea groups is 1. The van der Waals surface area contributed by atoms with Crippen molar-refractivity contribution in [2.45, 2.75) is 31.2 Å². The number of hydrogen-bond donors (Lipinski definition) is 3. The Morgan fingerprint density at radius 2 is 2.19 bits per heavy atom. The molecule has 0 spiro atoms. The summed E-state index contributed by atoms with van der Waals surface area (Å²) in [6, 6.07) is -1.23. The molecule has 3 amide bonds. The second kappa shape index (κ2) is 8.73. The van der Waals surface area contributed by atoms with E-state index in [0.29, 0.717) is 5.75 Å². The summed E-state index contributed by atoms with van der Waals surface area (Å²) in [6.07, 6.45) is 1.62. The normalized spacial score (nSPS) is 21.3. The number of nitrogens with one attached hydrogen (secondary N) is 1. The SMILES string of the molecule is CCCC1SCC(C(=O)O)N1C(=O)NCCOCC(N)=O. The lowest BCUT2D eigenvalue weighted by atomic mass is 10.2. The van der Waals surface area contributed by atoms with Gasteiger partial charge in [0, 0.05) is 12.3 Å². The van der Waals surface area contributed by atoms with Crippen LogP contribution in [0.25, 0.3) is 0 Å². The molecule has 0 aliphatic carbocycles. The number of carbonyl (C=O) groups is 3. The molecule has 0 aromatic heterocycles. The van der Waals surface area contributed by atoms with Crippen molar-refractivity contribution < 1.29 is 24.2 Å². The Morgan fingerprint density at radius 1 is 1.48 bits per heavy atom. The van der Waals surface area contributed by atoms with Gasteiger partial charge in [0.1, 0.15) is 12.6 Å². The predicted octanol–water partition coefficient (Wildman–Crippen LogP) is -0.174. The molecule has 0 aromatic rings. The van der Waals surface area contributed by atoms with E-state index in [9.17, 15) is 19.5 Å². The summed E-state index contributed by atoms with van der Waals surface area (Å²) in [5.41, 5.74) is 4.91. The molecule has 120 valence electrons. The molecule has 1 aliphatic heterocycles. The number of primary amides is 1. The largest absolute Gasteiger partial charge is 0.480 e. The zero-order valence-electron chi connectivity index (χ0n) is 11.9. The Bertz CT molecular complexity index is 393. The van der Waals surface area contributed by atoms with Gasteiger partial charge in [-0.3, -0.25) is 9.69 Å². The minimum Gasteiger partial charge on any atom is -0.480 e. The van der Waals surface area contributed by atoms with E-state index in [1.807, 2.05) is 6.92 Å². The summed E-state index contributed by atoms with van der Waals surface area (Å²) < 4.78 is 4.93. The molecule has 0 radical (unpaired) electrons. The van der Waals surface area contributed by atoms with E-state index in [4.69, 9.17) is 10.5 Å². The zero-order valence-corrected chi connectivity index (χ0v) is 12.7. The minimum absolute atomic E-state index is 0.123. The Labute approximate surface area is 127 Å². The highest BCUT2D eigenvalue weighted by atomic mass is 32.2. The molecule has 1 fully saturated rings. The van der Waals surface area contributed by atoms with Gasteiger partial charge in [-0.05, 0) is 6.42 Å². The average molecular weight is 319 g/mol. The Morgan fingerprint density at radius 3 is 2.76 bits per heavy atom. The van der Waals surface area contributed by atoms with E-state index < -0.39 is 23.9 Å². The molecule has 1 saturated heterocycles. The van der Waals surface area contributed by atoms with Crippen LogP contribution in [-0.4, -0.2) is 64.8 Å². The van der Waals surface area contributed by atoms with E-state index in [-0.39, 0.29) is 25.1 Å². The monoisotopic (exact) mass is 319 g/mol. The minimum atomic E-state index is -0.999. The summed E-state index contributed by atoms with van der Waals surface area (Å²) in [7, 11) is 0. The molecule has 1 rings (SSSR count). The van der Waals surface area contributed by atoms with Gasteiger partial charge in [-0.1, -0.05) is 13.3 Å². The van der Waals surface area contributed by atoms with Gasteiger partial charge in [-0.2, -0.15) is 0 Å². The van der Waals surface area contributed by atoms with E-state index in [1.165, 1.54) is 16.7 Å². The second-order valence-corrected chi connectivity index (χ2v) is 5.80. The van der Waals surface area contributed by atoms with E-state index in [0.717, 1.165) is 12.8 Å². The number of hydrogen-bond acceptors (Lipinski definition) is 5. The average Bonchev–Trinajstić information content (AvgIpc) is 2.82. The fourth-order valence-electron chi connectivity index (χ4n) is 1.99. The highest BCUT2D eigenvalue weighted by molar-refractivity contribution is 8.00. The van der Waals surface area contributed by atoms with Crippen molar-refractivity contribution >= 4 is 29.7 Å². The Kier molecular flexibility index (Phi) is 7.30. The van der Waals surface area contributed by atoms with Crippen molar-refractivity contribution in [1.29, 1.82) is 0 Å². The number of amides is 3. The van der Waals surface area contributed by atoms with Gasteiger partial charge in [0.05, 0.1) is 12.0 Å². The van der Waals surface area contributed by atoms with Crippen LogP contribution >= 0.6 is 11.8 Å². The maximum Gasteiger partial charge on any atom is 0.327 e. The van der Waals surface area contributed by atoms with Crippen LogP contribution in [0.2, 0.25) is 0 Å². The van der Waals surface area contributed by atoms with Crippen molar-refractivity contribution in [1.82, 2.24) is 10.2 Å². The Hall–Kier alpha value is -1.48. The van der Waals surface area contributed by atoms with Crippen LogP contribution < -0.4 is 11.1 Å². The lowest BCUT2D eigenvalue weighted by Gasteiger charge is -2.27. The third kappa shape index (κ3) is 5.43. The summed E-state index contributed by atoms with van der Waals surface area (Å²) in [5.74, 6) is -1.18. The predicted molar refractivity (Wildman–Crippen MR) is 77.8 cm³/mol. The Balaban J connectivity index is 2.47. The molecule has 4 N–H and O–H groups in total. The first-order chi connectivity index (χ1) is 9.97. The van der Waals surface area contributed by atoms with Gasteiger partial charge >= 0.3 is 12.0 Å². The van der Waals surface area contributed by atoms with Gasteiger partial charge in [0.2, 0.25) is 5.91 Å². The van der Waals surface area contributed by atoms with Crippen LogP contribution in [0.15, 0.2) is 0 Å². The number of ether oxygens (including phenoxy) is 1. The highest BCUT2D eigenvalue weighted by Gasteiger charge is 2.41. The summed E-state index contributed by atoms with van der Waals surface area (Å²) >= 11 is 1.48. The molecule has 8 nitrogen and oxygen atoms in total. The number of carbonyl (C=O) groups excluding carboxylic acids is 2. The van der Waals surface area contributed by atoms with Crippen molar-refractivity contribution in [3.8, 4) is 0 Å². The van der Waals surface area contributed by atoms with Gasteiger partial charge < -0.3 is 20.9 Å². The maximum atomic E-state index is 12.1. The van der Waals surface area contributed by atoms with Gasteiger partial charge in [0.15, 0.2) is 0 Å². The number of nitrogens with two attached hydrogens (primary N) is 1. The molecule has 1 aliphatic rings. The van der Waals surface area contributed by atoms with Crippen molar-refractivity contribution in [2.24, 2.45) is 5.73 Å². The standard InChI is InChI=1S/C12H21N3O5S/c1-2-3-10-15(8(7-21-10)11(17)18)12(19)14-4-5-20-6-9(13)16/h8,10H,2-7H2,1H3,(H2,13,16)(H,14,19)(H,17,18). The fourth-order valence-corrected chi connectivity index (χ4v) is 3.50. The molecular weight excluding hydrogens is 298 g/mol. The summed E-state index contributed by atoms with van der Waals surface area (Å²) in [4.78, 5) is 35.2. The molecule has 9 heteroatoms. The van der Waals surface area contributed by atoms with Gasteiger partial charge in [0.25, 0.3) is 0 Å². The van der Waals surface area contributed by atoms with Gasteiger partial charge in [-0.25, -0.2) is 9.59 Å². The molecule has 2 unspecified atom stereocenters. The van der Waals surface area contributed by atoms with Crippen LogP contribution in [0.1, 0.15) is 19.8 Å². The number of nitrogens with zero attached hydrogens (tertiary/aromatic N) is 1. The van der Waals surface area contributed by atoms with Crippen molar-refractivity contribution in [3.05, 3.63) is 0 Å². The first kappa shape index (κ1) is 17.6. The number of aliphatic carboxylic acids is 1. The smallest absolute Gasteiger partial charge is 0.327 e. The highest BCUT2D eigenvalue weighted by Crippen LogP contribution is 2.32. The summed E-state index contributed by atoms with van der Waals surface area (Å²) in [6.45, 7) is 2.12. The van der Waals surface area contributed by atoms with Crippen LogP contribution in [0.3, 0.4) is 0 Å². The molecule has 21 heavy (non-hydrogen) atoms. The van der Waals surface area contributed by atoms with Crippen LogP contribution in [-0.2, 0) is 14.3 Å². The molecule has 2 atom stereocenters.